The van der Waals surface area contributed by atoms with E-state index in [0.717, 1.165) is 22.6 Å². The van der Waals surface area contributed by atoms with Crippen LogP contribution in [0.15, 0.2) is 36.4 Å². The molecule has 0 saturated carbocycles. The molecule has 0 spiro atoms. The molecule has 1 unspecified atom stereocenters. The van der Waals surface area contributed by atoms with Gasteiger partial charge in [0.15, 0.2) is 0 Å². The molecule has 4 nitrogen and oxygen atoms in total. The number of thiophene rings is 1. The lowest BCUT2D eigenvalue weighted by Crippen LogP contribution is -2.27. The zero-order valence-electron chi connectivity index (χ0n) is 13.5. The Morgan fingerprint density at radius 2 is 2.00 bits per heavy atom. The Bertz CT molecular complexity index is 619. The highest BCUT2D eigenvalue weighted by Crippen LogP contribution is 2.22. The summed E-state index contributed by atoms with van der Waals surface area (Å²) in [6, 6.07) is 11.5. The first-order chi connectivity index (χ1) is 11.1. The third-order valence-corrected chi connectivity index (χ3v) is 4.70. The summed E-state index contributed by atoms with van der Waals surface area (Å²) in [6.45, 7) is 4.95. The number of carbonyl (C=O) groups is 1. The Kier molecular flexibility index (Phi) is 6.62. The van der Waals surface area contributed by atoms with Gasteiger partial charge in [0.2, 0.25) is 5.91 Å². The molecule has 0 aliphatic carbocycles. The van der Waals surface area contributed by atoms with Gasteiger partial charge >= 0.3 is 0 Å². The molecule has 0 radical (unpaired) electrons. The van der Waals surface area contributed by atoms with Crippen molar-refractivity contribution in [1.82, 2.24) is 5.32 Å². The number of nitrogens with one attached hydrogen (secondary N) is 1. The lowest BCUT2D eigenvalue weighted by atomic mass is 10.1. The maximum Gasteiger partial charge on any atom is 0.224 e. The van der Waals surface area contributed by atoms with Crippen LogP contribution in [0.1, 0.15) is 35.3 Å². The molecule has 1 aromatic heterocycles. The summed E-state index contributed by atoms with van der Waals surface area (Å²) in [5.41, 5.74) is 0.971. The highest BCUT2D eigenvalue weighted by atomic mass is 32.1. The van der Waals surface area contributed by atoms with E-state index in [9.17, 15) is 9.90 Å². The van der Waals surface area contributed by atoms with Gasteiger partial charge in [0, 0.05) is 16.3 Å². The molecule has 1 heterocycles. The van der Waals surface area contributed by atoms with E-state index in [0.29, 0.717) is 19.6 Å². The van der Waals surface area contributed by atoms with Crippen LogP contribution in [0.25, 0.3) is 0 Å². The smallest absolute Gasteiger partial charge is 0.224 e. The Labute approximate surface area is 141 Å². The van der Waals surface area contributed by atoms with Crippen molar-refractivity contribution in [3.63, 3.8) is 0 Å². The molecule has 0 aliphatic heterocycles. The van der Waals surface area contributed by atoms with Crippen LogP contribution in [0.2, 0.25) is 0 Å². The van der Waals surface area contributed by atoms with E-state index in [1.807, 2.05) is 43.3 Å². The molecule has 0 fully saturated rings. The Hall–Kier alpha value is -1.85. The van der Waals surface area contributed by atoms with Crippen molar-refractivity contribution in [3.05, 3.63) is 51.7 Å². The molecule has 1 atom stereocenters. The number of aliphatic hydroxyl groups is 1. The van der Waals surface area contributed by atoms with Gasteiger partial charge in [-0.25, -0.2) is 0 Å². The quantitative estimate of drug-likeness (QED) is 0.780. The minimum atomic E-state index is -0.428. The maximum atomic E-state index is 11.9. The number of hydrogen-bond acceptors (Lipinski definition) is 4. The Morgan fingerprint density at radius 1 is 1.26 bits per heavy atom. The minimum absolute atomic E-state index is 0.0152. The summed E-state index contributed by atoms with van der Waals surface area (Å²) in [6.07, 6.45) is 0.727. The first-order valence-electron chi connectivity index (χ1n) is 7.83. The van der Waals surface area contributed by atoms with E-state index in [1.165, 1.54) is 4.88 Å². The number of hydrogen-bond donors (Lipinski definition) is 2. The zero-order valence-corrected chi connectivity index (χ0v) is 14.4. The van der Waals surface area contributed by atoms with E-state index < -0.39 is 6.10 Å². The number of amides is 1. The summed E-state index contributed by atoms with van der Waals surface area (Å²) >= 11 is 1.59. The number of benzene rings is 1. The molecule has 0 aliphatic rings. The second-order valence-corrected chi connectivity index (χ2v) is 6.53. The van der Waals surface area contributed by atoms with Crippen LogP contribution in [0, 0.1) is 0 Å². The van der Waals surface area contributed by atoms with Crippen molar-refractivity contribution < 1.29 is 14.6 Å². The molecular weight excluding hydrogens is 310 g/mol. The number of rotatable bonds is 8. The van der Waals surface area contributed by atoms with Crippen molar-refractivity contribution in [2.24, 2.45) is 0 Å². The topological polar surface area (TPSA) is 58.6 Å². The van der Waals surface area contributed by atoms with Gasteiger partial charge in [-0.05, 0) is 50.1 Å². The van der Waals surface area contributed by atoms with Crippen molar-refractivity contribution in [2.75, 3.05) is 13.2 Å². The molecule has 2 N–H and O–H groups in total. The fraction of sp³-hybridized carbons (Fsp3) is 0.389. The third-order valence-electron chi connectivity index (χ3n) is 3.39. The minimum Gasteiger partial charge on any atom is -0.494 e. The van der Waals surface area contributed by atoms with Crippen molar-refractivity contribution in [1.29, 1.82) is 0 Å². The van der Waals surface area contributed by atoms with Gasteiger partial charge in [-0.3, -0.25) is 4.79 Å². The second kappa shape index (κ2) is 8.70. The van der Waals surface area contributed by atoms with Gasteiger partial charge < -0.3 is 15.2 Å². The van der Waals surface area contributed by atoms with E-state index in [-0.39, 0.29) is 5.91 Å². The summed E-state index contributed by atoms with van der Waals surface area (Å²) in [5.74, 6) is 0.838. The highest BCUT2D eigenvalue weighted by molar-refractivity contribution is 7.12. The molecule has 0 bridgehead atoms. The Balaban J connectivity index is 1.74. The lowest BCUT2D eigenvalue weighted by Gasteiger charge is -2.06. The van der Waals surface area contributed by atoms with E-state index in [2.05, 4.69) is 5.32 Å². The van der Waals surface area contributed by atoms with Crippen LogP contribution in [-0.2, 0) is 17.6 Å². The predicted molar refractivity (Wildman–Crippen MR) is 93.0 cm³/mol. The molecule has 23 heavy (non-hydrogen) atoms. The van der Waals surface area contributed by atoms with Crippen LogP contribution in [0.4, 0.5) is 0 Å². The summed E-state index contributed by atoms with van der Waals surface area (Å²) < 4.78 is 5.38. The Morgan fingerprint density at radius 3 is 2.61 bits per heavy atom. The maximum absolute atomic E-state index is 11.9. The third kappa shape index (κ3) is 5.69. The molecule has 5 heteroatoms. The van der Waals surface area contributed by atoms with Gasteiger partial charge in [-0.1, -0.05) is 12.1 Å². The summed E-state index contributed by atoms with van der Waals surface area (Å²) in [5, 5.41) is 12.4. The fourth-order valence-corrected chi connectivity index (χ4v) is 3.15. The van der Waals surface area contributed by atoms with Crippen molar-refractivity contribution in [3.8, 4) is 5.75 Å². The average Bonchev–Trinajstić information content (AvgIpc) is 2.99. The van der Waals surface area contributed by atoms with Gasteiger partial charge in [0.1, 0.15) is 5.75 Å². The molecular formula is C18H23NO3S. The number of ether oxygens (including phenoxy) is 1. The number of carbonyl (C=O) groups excluding carboxylic acids is 1. The first-order valence-corrected chi connectivity index (χ1v) is 8.65. The first kappa shape index (κ1) is 17.5. The van der Waals surface area contributed by atoms with E-state index in [1.54, 1.807) is 18.3 Å². The molecule has 1 amide bonds. The van der Waals surface area contributed by atoms with Crippen LogP contribution < -0.4 is 10.1 Å². The largest absolute Gasteiger partial charge is 0.494 e. The molecule has 1 aromatic carbocycles. The van der Waals surface area contributed by atoms with Gasteiger partial charge in [0.25, 0.3) is 0 Å². The normalized spacial score (nSPS) is 12.0. The second-order valence-electron chi connectivity index (χ2n) is 5.33. The predicted octanol–water partition coefficient (Wildman–Crippen LogP) is 3.10. The van der Waals surface area contributed by atoms with Gasteiger partial charge in [0.05, 0.1) is 19.1 Å². The average molecular weight is 333 g/mol. The van der Waals surface area contributed by atoms with E-state index >= 15 is 0 Å². The van der Waals surface area contributed by atoms with Crippen molar-refractivity contribution >= 4 is 17.2 Å². The standard InChI is InChI=1S/C18H23NO3S/c1-3-22-15-6-4-14(5-7-15)12-18(21)19-11-10-16-8-9-17(23-16)13(2)20/h4-9,13,20H,3,10-12H2,1-2H3,(H,19,21). The highest BCUT2D eigenvalue weighted by Gasteiger charge is 2.07. The monoisotopic (exact) mass is 333 g/mol. The molecule has 0 saturated heterocycles. The molecule has 2 rings (SSSR count). The van der Waals surface area contributed by atoms with Crippen LogP contribution >= 0.6 is 11.3 Å². The van der Waals surface area contributed by atoms with Gasteiger partial charge in [-0.15, -0.1) is 11.3 Å². The fourth-order valence-electron chi connectivity index (χ4n) is 2.20. The SMILES string of the molecule is CCOc1ccc(CC(=O)NCCc2ccc(C(C)O)s2)cc1. The van der Waals surface area contributed by atoms with Crippen LogP contribution in [0.5, 0.6) is 5.75 Å². The van der Waals surface area contributed by atoms with Gasteiger partial charge in [-0.2, -0.15) is 0 Å². The molecule has 124 valence electrons. The zero-order chi connectivity index (χ0) is 16.7. The lowest BCUT2D eigenvalue weighted by molar-refractivity contribution is -0.120. The summed E-state index contributed by atoms with van der Waals surface area (Å²) in [7, 11) is 0. The summed E-state index contributed by atoms with van der Waals surface area (Å²) in [4.78, 5) is 14.1. The van der Waals surface area contributed by atoms with E-state index in [4.69, 9.17) is 4.74 Å². The van der Waals surface area contributed by atoms with Crippen molar-refractivity contribution in [2.45, 2.75) is 32.8 Å². The number of aliphatic hydroxyl groups excluding tert-OH is 1. The molecule has 2 aromatic rings. The van der Waals surface area contributed by atoms with Crippen LogP contribution in [0.3, 0.4) is 0 Å². The van der Waals surface area contributed by atoms with Crippen LogP contribution in [-0.4, -0.2) is 24.2 Å².